The number of likely N-dealkylation sites (tertiary alicyclic amines) is 1. The lowest BCUT2D eigenvalue weighted by atomic mass is 10.1. The first-order valence-electron chi connectivity index (χ1n) is 4.97. The minimum Gasteiger partial charge on any atom is -0.338 e. The quantitative estimate of drug-likeness (QED) is 0.664. The van der Waals surface area contributed by atoms with Crippen molar-refractivity contribution in [1.82, 2.24) is 9.80 Å². The van der Waals surface area contributed by atoms with E-state index in [9.17, 15) is 9.18 Å². The molecule has 82 valence electrons. The summed E-state index contributed by atoms with van der Waals surface area (Å²) in [5.74, 6) is -0.387. The van der Waals surface area contributed by atoms with Crippen molar-refractivity contribution in [1.29, 1.82) is 0 Å². The number of halogens is 1. The number of likely N-dealkylation sites (N-methyl/N-ethyl adjacent to an activating group) is 1. The maximum absolute atomic E-state index is 13.4. The number of rotatable bonds is 2. The molecule has 1 amide bonds. The molecule has 0 aromatic heterocycles. The van der Waals surface area contributed by atoms with Gasteiger partial charge in [0.05, 0.1) is 0 Å². The fourth-order valence-electron chi connectivity index (χ4n) is 1.72. The van der Waals surface area contributed by atoms with Crippen LogP contribution in [0.2, 0.25) is 0 Å². The van der Waals surface area contributed by atoms with Gasteiger partial charge in [-0.3, -0.25) is 4.79 Å². The molecule has 14 heavy (non-hydrogen) atoms. The normalized spacial score (nSPS) is 23.3. The standard InChI is InChI=1S/C10H19FN2O/c1-10(2,11)9(14)13-6-5-8(7-13)12(3)4/h8H,5-7H2,1-4H3. The Balaban J connectivity index is 2.54. The molecule has 0 saturated carbocycles. The summed E-state index contributed by atoms with van der Waals surface area (Å²) in [5, 5.41) is 0. The van der Waals surface area contributed by atoms with Crippen molar-refractivity contribution in [2.45, 2.75) is 32.0 Å². The maximum atomic E-state index is 13.4. The van der Waals surface area contributed by atoms with Gasteiger partial charge in [-0.15, -0.1) is 0 Å². The number of nitrogens with zero attached hydrogens (tertiary/aromatic N) is 2. The zero-order valence-corrected chi connectivity index (χ0v) is 9.38. The molecule has 1 aliphatic rings. The van der Waals surface area contributed by atoms with Crippen LogP contribution in [0, 0.1) is 0 Å². The Hall–Kier alpha value is -0.640. The molecule has 0 aromatic carbocycles. The molecule has 1 unspecified atom stereocenters. The minimum atomic E-state index is -1.73. The van der Waals surface area contributed by atoms with Crippen LogP contribution < -0.4 is 0 Å². The van der Waals surface area contributed by atoms with Crippen LogP contribution in [0.5, 0.6) is 0 Å². The monoisotopic (exact) mass is 202 g/mol. The van der Waals surface area contributed by atoms with Crippen molar-refractivity contribution in [2.75, 3.05) is 27.2 Å². The van der Waals surface area contributed by atoms with Gasteiger partial charge in [-0.2, -0.15) is 0 Å². The topological polar surface area (TPSA) is 23.6 Å². The predicted molar refractivity (Wildman–Crippen MR) is 53.9 cm³/mol. The van der Waals surface area contributed by atoms with E-state index in [-0.39, 0.29) is 5.91 Å². The van der Waals surface area contributed by atoms with Gasteiger partial charge in [0.2, 0.25) is 0 Å². The molecule has 4 heteroatoms. The Bertz CT molecular complexity index is 223. The van der Waals surface area contributed by atoms with Crippen LogP contribution in [0.3, 0.4) is 0 Å². The SMILES string of the molecule is CN(C)C1CCN(C(=O)C(C)(C)F)C1. The van der Waals surface area contributed by atoms with Gasteiger partial charge < -0.3 is 9.80 Å². The molecule has 0 radical (unpaired) electrons. The summed E-state index contributed by atoms with van der Waals surface area (Å²) in [4.78, 5) is 15.3. The van der Waals surface area contributed by atoms with E-state index >= 15 is 0 Å². The Morgan fingerprint density at radius 3 is 2.43 bits per heavy atom. The molecule has 0 spiro atoms. The van der Waals surface area contributed by atoms with E-state index in [4.69, 9.17) is 0 Å². The Morgan fingerprint density at radius 2 is 2.07 bits per heavy atom. The molecule has 1 aliphatic heterocycles. The molecule has 1 rings (SSSR count). The van der Waals surface area contributed by atoms with E-state index in [0.29, 0.717) is 19.1 Å². The van der Waals surface area contributed by atoms with Gasteiger partial charge in [0.1, 0.15) is 0 Å². The van der Waals surface area contributed by atoms with E-state index in [1.54, 1.807) is 4.90 Å². The van der Waals surface area contributed by atoms with Crippen LogP contribution in [0.25, 0.3) is 0 Å². The largest absolute Gasteiger partial charge is 0.338 e. The van der Waals surface area contributed by atoms with Gasteiger partial charge in [0.15, 0.2) is 5.67 Å². The van der Waals surface area contributed by atoms with Crippen LogP contribution in [0.15, 0.2) is 0 Å². The van der Waals surface area contributed by atoms with Crippen LogP contribution in [-0.4, -0.2) is 54.6 Å². The van der Waals surface area contributed by atoms with Crippen LogP contribution in [0.1, 0.15) is 20.3 Å². The number of carbonyl (C=O) groups excluding carboxylic acids is 1. The minimum absolute atomic E-state index is 0.376. The summed E-state index contributed by atoms with van der Waals surface area (Å²) < 4.78 is 13.4. The summed E-state index contributed by atoms with van der Waals surface area (Å²) >= 11 is 0. The van der Waals surface area contributed by atoms with Gasteiger partial charge in [0.25, 0.3) is 5.91 Å². The second-order valence-corrected chi connectivity index (χ2v) is 4.63. The van der Waals surface area contributed by atoms with Crippen LogP contribution >= 0.6 is 0 Å². The molecule has 1 heterocycles. The molecule has 0 aliphatic carbocycles. The van der Waals surface area contributed by atoms with Gasteiger partial charge in [-0.1, -0.05) is 0 Å². The second-order valence-electron chi connectivity index (χ2n) is 4.63. The summed E-state index contributed by atoms with van der Waals surface area (Å²) in [6, 6.07) is 0.376. The first-order valence-corrected chi connectivity index (χ1v) is 4.97. The molecule has 3 nitrogen and oxygen atoms in total. The van der Waals surface area contributed by atoms with Gasteiger partial charge in [-0.25, -0.2) is 4.39 Å². The van der Waals surface area contributed by atoms with Gasteiger partial charge in [-0.05, 0) is 34.4 Å². The highest BCUT2D eigenvalue weighted by Crippen LogP contribution is 2.19. The molecular formula is C10H19FN2O. The lowest BCUT2D eigenvalue weighted by Crippen LogP contribution is -2.42. The van der Waals surface area contributed by atoms with Crippen LogP contribution in [-0.2, 0) is 4.79 Å². The number of hydrogen-bond acceptors (Lipinski definition) is 2. The smallest absolute Gasteiger partial charge is 0.259 e. The first-order chi connectivity index (χ1) is 6.32. The molecule has 0 aromatic rings. The van der Waals surface area contributed by atoms with Crippen LogP contribution in [0.4, 0.5) is 4.39 Å². The van der Waals surface area contributed by atoms with Gasteiger partial charge >= 0.3 is 0 Å². The first kappa shape index (κ1) is 11.4. The average Bonchev–Trinajstić information content (AvgIpc) is 2.48. The molecule has 0 bridgehead atoms. The van der Waals surface area contributed by atoms with Crippen molar-refractivity contribution >= 4 is 5.91 Å². The number of carbonyl (C=O) groups is 1. The third-order valence-corrected chi connectivity index (χ3v) is 2.69. The number of alkyl halides is 1. The molecule has 1 atom stereocenters. The van der Waals surface area contributed by atoms with E-state index in [1.165, 1.54) is 13.8 Å². The van der Waals surface area contributed by atoms with Gasteiger partial charge in [0, 0.05) is 19.1 Å². The van der Waals surface area contributed by atoms with E-state index in [2.05, 4.69) is 4.90 Å². The zero-order chi connectivity index (χ0) is 10.9. The zero-order valence-electron chi connectivity index (χ0n) is 9.38. The average molecular weight is 202 g/mol. The van der Waals surface area contributed by atoms with Crippen molar-refractivity contribution in [3.63, 3.8) is 0 Å². The molecule has 1 saturated heterocycles. The third-order valence-electron chi connectivity index (χ3n) is 2.69. The Kier molecular flexibility index (Phi) is 3.14. The highest BCUT2D eigenvalue weighted by molar-refractivity contribution is 5.84. The molecular weight excluding hydrogens is 183 g/mol. The predicted octanol–water partition coefficient (Wildman–Crippen LogP) is 0.897. The Morgan fingerprint density at radius 1 is 1.50 bits per heavy atom. The van der Waals surface area contributed by atoms with E-state index in [0.717, 1.165) is 6.42 Å². The fourth-order valence-corrected chi connectivity index (χ4v) is 1.72. The summed E-state index contributed by atoms with van der Waals surface area (Å²) in [7, 11) is 3.97. The molecule has 1 fully saturated rings. The lowest BCUT2D eigenvalue weighted by Gasteiger charge is -2.24. The van der Waals surface area contributed by atoms with Crippen molar-refractivity contribution in [2.24, 2.45) is 0 Å². The highest BCUT2D eigenvalue weighted by atomic mass is 19.1. The van der Waals surface area contributed by atoms with Crippen molar-refractivity contribution < 1.29 is 9.18 Å². The number of amides is 1. The van der Waals surface area contributed by atoms with E-state index in [1.807, 2.05) is 14.1 Å². The fraction of sp³-hybridized carbons (Fsp3) is 0.900. The molecule has 0 N–H and O–H groups in total. The lowest BCUT2D eigenvalue weighted by molar-refractivity contribution is -0.140. The highest BCUT2D eigenvalue weighted by Gasteiger charge is 2.36. The summed E-state index contributed by atoms with van der Waals surface area (Å²) in [6.07, 6.45) is 0.939. The third kappa shape index (κ3) is 2.44. The van der Waals surface area contributed by atoms with E-state index < -0.39 is 5.67 Å². The van der Waals surface area contributed by atoms with Crippen molar-refractivity contribution in [3.05, 3.63) is 0 Å². The summed E-state index contributed by atoms with van der Waals surface area (Å²) in [6.45, 7) is 3.96. The summed E-state index contributed by atoms with van der Waals surface area (Å²) in [5.41, 5.74) is -1.73. The Labute approximate surface area is 84.9 Å². The number of hydrogen-bond donors (Lipinski definition) is 0. The maximum Gasteiger partial charge on any atom is 0.259 e. The van der Waals surface area contributed by atoms with Crippen molar-refractivity contribution in [3.8, 4) is 0 Å². The second kappa shape index (κ2) is 3.85.